The molecule has 0 aliphatic heterocycles. The molecule has 66 valence electrons. The van der Waals surface area contributed by atoms with Crippen LogP contribution in [0.1, 0.15) is 6.92 Å². The Labute approximate surface area is 62.5 Å². The van der Waals surface area contributed by atoms with E-state index in [0.29, 0.717) is 6.21 Å². The van der Waals surface area contributed by atoms with Crippen molar-refractivity contribution < 1.29 is 25.0 Å². The molecule has 0 atom stereocenters. The number of oxime groups is 1. The Morgan fingerprint density at radius 1 is 1.36 bits per heavy atom. The molecule has 0 bridgehead atoms. The quantitative estimate of drug-likeness (QED) is 0.241. The lowest BCUT2D eigenvalue weighted by Crippen LogP contribution is -1.93. The van der Waals surface area contributed by atoms with E-state index < -0.39 is 11.9 Å². The number of rotatable bonds is 1. The van der Waals surface area contributed by atoms with Crippen LogP contribution in [0.25, 0.3) is 0 Å². The second-order valence-electron chi connectivity index (χ2n) is 1.10. The molecule has 0 aliphatic rings. The fraction of sp³-hybridized carbons (Fsp3) is 0.250. The molecule has 0 aliphatic carbocycles. The van der Waals surface area contributed by atoms with Crippen molar-refractivity contribution in [3.63, 3.8) is 0 Å². The first kappa shape index (κ1) is 16.2. The summed E-state index contributed by atoms with van der Waals surface area (Å²) >= 11 is 0. The molecule has 0 unspecified atom stereocenters. The Morgan fingerprint density at radius 3 is 1.64 bits per heavy atom. The van der Waals surface area contributed by atoms with Crippen LogP contribution < -0.4 is 6.15 Å². The van der Waals surface area contributed by atoms with E-state index in [0.717, 1.165) is 6.92 Å². The summed E-state index contributed by atoms with van der Waals surface area (Å²) in [6.45, 7) is 1.08. The second kappa shape index (κ2) is 11.2. The minimum absolute atomic E-state index is 0. The molecule has 0 amide bonds. The normalized spacial score (nSPS) is 7.36. The molecular formula is C4H10N2O5. The first-order chi connectivity index (χ1) is 4.50. The number of carbonyl (C=O) groups is 2. The molecule has 6 N–H and O–H groups in total. The van der Waals surface area contributed by atoms with E-state index in [4.69, 9.17) is 20.2 Å². The lowest BCUT2D eigenvalue weighted by molar-refractivity contribution is -0.134. The van der Waals surface area contributed by atoms with E-state index in [1.807, 2.05) is 0 Å². The van der Waals surface area contributed by atoms with Crippen molar-refractivity contribution >= 4 is 18.2 Å². The van der Waals surface area contributed by atoms with Gasteiger partial charge in [0.2, 0.25) is 0 Å². The van der Waals surface area contributed by atoms with E-state index in [1.54, 1.807) is 0 Å². The van der Waals surface area contributed by atoms with E-state index in [9.17, 15) is 4.79 Å². The van der Waals surface area contributed by atoms with Gasteiger partial charge < -0.3 is 21.6 Å². The Kier molecular flexibility index (Phi) is 16.5. The highest BCUT2D eigenvalue weighted by atomic mass is 16.4. The summed E-state index contributed by atoms with van der Waals surface area (Å²) < 4.78 is 0. The van der Waals surface area contributed by atoms with Crippen LogP contribution in [-0.4, -0.2) is 33.6 Å². The van der Waals surface area contributed by atoms with Crippen LogP contribution in [0, 0.1) is 0 Å². The highest BCUT2D eigenvalue weighted by Crippen LogP contribution is 1.50. The van der Waals surface area contributed by atoms with Gasteiger partial charge in [0.15, 0.2) is 6.21 Å². The average molecular weight is 166 g/mol. The largest absolute Gasteiger partial charge is 0.481 e. The first-order valence-corrected chi connectivity index (χ1v) is 2.10. The topological polar surface area (TPSA) is 142 Å². The van der Waals surface area contributed by atoms with E-state index in [1.165, 1.54) is 0 Å². The van der Waals surface area contributed by atoms with Crippen molar-refractivity contribution in [1.82, 2.24) is 6.15 Å². The lowest BCUT2D eigenvalue weighted by atomic mass is 10.8. The molecule has 0 aromatic heterocycles. The zero-order valence-electron chi connectivity index (χ0n) is 5.89. The van der Waals surface area contributed by atoms with Crippen molar-refractivity contribution in [2.75, 3.05) is 0 Å². The SMILES string of the molecule is CC(=O)O.N.O=C(O)C=NO. The third-order valence-electron chi connectivity index (χ3n) is 0.168. The van der Waals surface area contributed by atoms with Gasteiger partial charge in [0.05, 0.1) is 0 Å². The predicted molar refractivity (Wildman–Crippen MR) is 36.2 cm³/mol. The summed E-state index contributed by atoms with van der Waals surface area (Å²) in [6, 6.07) is 0. The summed E-state index contributed by atoms with van der Waals surface area (Å²) in [5.41, 5.74) is 0. The summed E-state index contributed by atoms with van der Waals surface area (Å²) in [7, 11) is 0. The zero-order valence-corrected chi connectivity index (χ0v) is 5.89. The highest BCUT2D eigenvalue weighted by Gasteiger charge is 1.80. The second-order valence-corrected chi connectivity index (χ2v) is 1.10. The molecule has 0 fully saturated rings. The molecule has 0 aromatic carbocycles. The lowest BCUT2D eigenvalue weighted by Gasteiger charge is -1.67. The van der Waals surface area contributed by atoms with E-state index in [2.05, 4.69) is 5.16 Å². The van der Waals surface area contributed by atoms with Gasteiger partial charge in [0.1, 0.15) is 0 Å². The third-order valence-corrected chi connectivity index (χ3v) is 0.168. The molecule has 7 heteroatoms. The van der Waals surface area contributed by atoms with Crippen LogP contribution in [0.2, 0.25) is 0 Å². The Hall–Kier alpha value is -1.63. The number of nitrogens with zero attached hydrogens (tertiary/aromatic N) is 1. The summed E-state index contributed by atoms with van der Waals surface area (Å²) in [5, 5.41) is 24.7. The smallest absolute Gasteiger partial charge is 0.350 e. The number of hydrogen-bond donors (Lipinski definition) is 4. The monoisotopic (exact) mass is 166 g/mol. The molecule has 7 nitrogen and oxygen atoms in total. The van der Waals surface area contributed by atoms with E-state index >= 15 is 0 Å². The molecule has 0 spiro atoms. The highest BCUT2D eigenvalue weighted by molar-refractivity contribution is 6.21. The minimum atomic E-state index is -1.25. The number of carboxylic acids is 2. The van der Waals surface area contributed by atoms with Gasteiger partial charge in [-0.05, 0) is 0 Å². The summed E-state index contributed by atoms with van der Waals surface area (Å²) in [4.78, 5) is 18.3. The van der Waals surface area contributed by atoms with Crippen LogP contribution in [0.4, 0.5) is 0 Å². The molecular weight excluding hydrogens is 156 g/mol. The predicted octanol–water partition coefficient (Wildman–Crippen LogP) is -0.216. The molecule has 0 saturated heterocycles. The standard InChI is InChI=1S/C2H3NO3.C2H4O2.H3N/c4-2(5)1-3-6;1-2(3)4;/h1,6H,(H,4,5);1H3,(H,3,4);1H3. The van der Waals surface area contributed by atoms with Gasteiger partial charge in [-0.2, -0.15) is 0 Å². The van der Waals surface area contributed by atoms with Crippen LogP contribution in [-0.2, 0) is 9.59 Å². The maximum Gasteiger partial charge on any atom is 0.350 e. The van der Waals surface area contributed by atoms with Crippen LogP contribution in [0.5, 0.6) is 0 Å². The van der Waals surface area contributed by atoms with Gasteiger partial charge in [0, 0.05) is 6.92 Å². The molecule has 11 heavy (non-hydrogen) atoms. The van der Waals surface area contributed by atoms with Crippen molar-refractivity contribution in [2.45, 2.75) is 6.92 Å². The fourth-order valence-electron chi connectivity index (χ4n) is 0.0494. The Morgan fingerprint density at radius 2 is 1.64 bits per heavy atom. The molecule has 0 rings (SSSR count). The van der Waals surface area contributed by atoms with Crippen molar-refractivity contribution in [3.05, 3.63) is 0 Å². The maximum atomic E-state index is 9.29. The third kappa shape index (κ3) is 181. The van der Waals surface area contributed by atoms with Crippen molar-refractivity contribution in [3.8, 4) is 0 Å². The van der Waals surface area contributed by atoms with Crippen molar-refractivity contribution in [2.24, 2.45) is 5.16 Å². The van der Waals surface area contributed by atoms with Gasteiger partial charge in [-0.25, -0.2) is 4.79 Å². The fourth-order valence-corrected chi connectivity index (χ4v) is 0.0494. The Bertz CT molecular complexity index is 139. The molecule has 0 radical (unpaired) electrons. The Balaban J connectivity index is -0.000000114. The number of hydrogen-bond acceptors (Lipinski definition) is 5. The van der Waals surface area contributed by atoms with Gasteiger partial charge in [-0.1, -0.05) is 5.16 Å². The summed E-state index contributed by atoms with van der Waals surface area (Å²) in [5.74, 6) is -2.09. The van der Waals surface area contributed by atoms with Gasteiger partial charge in [-0.3, -0.25) is 4.79 Å². The van der Waals surface area contributed by atoms with E-state index in [-0.39, 0.29) is 6.15 Å². The first-order valence-electron chi connectivity index (χ1n) is 2.10. The average Bonchev–Trinajstić information content (AvgIpc) is 1.62. The molecule has 0 saturated carbocycles. The number of carboxylic acid groups (broad SMARTS) is 2. The maximum absolute atomic E-state index is 9.29. The molecule has 0 aromatic rings. The van der Waals surface area contributed by atoms with Crippen LogP contribution >= 0.6 is 0 Å². The summed E-state index contributed by atoms with van der Waals surface area (Å²) in [6.07, 6.45) is 0.389. The number of aliphatic carboxylic acids is 2. The van der Waals surface area contributed by atoms with Crippen LogP contribution in [0.15, 0.2) is 5.16 Å². The molecule has 0 heterocycles. The van der Waals surface area contributed by atoms with Crippen LogP contribution in [0.3, 0.4) is 0 Å². The van der Waals surface area contributed by atoms with Gasteiger partial charge in [0.25, 0.3) is 5.97 Å². The minimum Gasteiger partial charge on any atom is -0.481 e. The zero-order chi connectivity index (χ0) is 8.57. The van der Waals surface area contributed by atoms with Crippen molar-refractivity contribution in [1.29, 1.82) is 0 Å². The van der Waals surface area contributed by atoms with Gasteiger partial charge in [-0.15, -0.1) is 0 Å². The van der Waals surface area contributed by atoms with Gasteiger partial charge >= 0.3 is 5.97 Å².